The molecule has 3 amide bonds. The Morgan fingerprint density at radius 2 is 1.86 bits per heavy atom. The average Bonchev–Trinajstić information content (AvgIpc) is 2.56. The molecule has 0 aliphatic carbocycles. The zero-order valence-corrected chi connectivity index (χ0v) is 17.6. The van der Waals surface area contributed by atoms with E-state index in [2.05, 4.69) is 16.0 Å². The fourth-order valence-corrected chi connectivity index (χ4v) is 4.56. The summed E-state index contributed by atoms with van der Waals surface area (Å²) < 4.78 is 31.8. The molecular formula is C17H25ClN4O5S. The maximum absolute atomic E-state index is 12.4. The van der Waals surface area contributed by atoms with Gasteiger partial charge in [0.25, 0.3) is 0 Å². The molecular weight excluding hydrogens is 408 g/mol. The fraction of sp³-hybridized carbons (Fsp3) is 0.529. The van der Waals surface area contributed by atoms with Crippen LogP contribution >= 0.6 is 11.6 Å². The Hall–Kier alpha value is -1.88. The highest BCUT2D eigenvalue weighted by atomic mass is 35.5. The predicted molar refractivity (Wildman–Crippen MR) is 108 cm³/mol. The second kappa shape index (κ2) is 9.55. The second-order valence-electron chi connectivity index (χ2n) is 6.65. The fourth-order valence-electron chi connectivity index (χ4n) is 2.84. The van der Waals surface area contributed by atoms with Crippen molar-refractivity contribution in [3.05, 3.63) is 23.2 Å². The van der Waals surface area contributed by atoms with E-state index < -0.39 is 16.1 Å². The van der Waals surface area contributed by atoms with E-state index in [1.807, 2.05) is 13.8 Å². The minimum absolute atomic E-state index is 0.0458. The topological polar surface area (TPSA) is 117 Å². The van der Waals surface area contributed by atoms with Crippen LogP contribution in [-0.2, 0) is 19.6 Å². The first kappa shape index (κ1) is 22.4. The first-order chi connectivity index (χ1) is 13.1. The number of hydrogen-bond acceptors (Lipinski definition) is 5. The largest absolute Gasteiger partial charge is 0.373 e. The minimum atomic E-state index is -3.50. The smallest absolute Gasteiger partial charge is 0.319 e. The highest BCUT2D eigenvalue weighted by Crippen LogP contribution is 2.25. The number of morpholine rings is 1. The molecule has 9 nitrogen and oxygen atoms in total. The van der Waals surface area contributed by atoms with Gasteiger partial charge in [-0.3, -0.25) is 4.79 Å². The van der Waals surface area contributed by atoms with Gasteiger partial charge < -0.3 is 20.7 Å². The SMILES string of the molecule is CC(=O)Nc1ccc(NC(=O)NCCS(=O)(=O)N2CC(C)OC(C)C2)c(Cl)c1. The number of ether oxygens (including phenoxy) is 1. The van der Waals surface area contributed by atoms with Gasteiger partial charge in [-0.15, -0.1) is 0 Å². The number of amides is 3. The Balaban J connectivity index is 1.84. The Bertz CT molecular complexity index is 823. The third-order valence-electron chi connectivity index (χ3n) is 3.96. The summed E-state index contributed by atoms with van der Waals surface area (Å²) in [5.41, 5.74) is 0.843. The summed E-state index contributed by atoms with van der Waals surface area (Å²) in [6.45, 7) is 5.58. The molecule has 2 unspecified atom stereocenters. The lowest BCUT2D eigenvalue weighted by Gasteiger charge is -2.34. The van der Waals surface area contributed by atoms with Crippen molar-refractivity contribution in [2.75, 3.05) is 36.0 Å². The van der Waals surface area contributed by atoms with Crippen LogP contribution in [0.15, 0.2) is 18.2 Å². The highest BCUT2D eigenvalue weighted by Gasteiger charge is 2.30. The Morgan fingerprint density at radius 3 is 2.43 bits per heavy atom. The molecule has 11 heteroatoms. The van der Waals surface area contributed by atoms with Crippen molar-refractivity contribution in [1.82, 2.24) is 9.62 Å². The third-order valence-corrected chi connectivity index (χ3v) is 6.08. The van der Waals surface area contributed by atoms with Crippen molar-refractivity contribution in [2.45, 2.75) is 33.0 Å². The van der Waals surface area contributed by atoms with E-state index in [0.29, 0.717) is 24.5 Å². The lowest BCUT2D eigenvalue weighted by Crippen LogP contribution is -2.49. The number of halogens is 1. The van der Waals surface area contributed by atoms with E-state index in [1.54, 1.807) is 12.1 Å². The summed E-state index contributed by atoms with van der Waals surface area (Å²) in [7, 11) is -3.50. The van der Waals surface area contributed by atoms with Gasteiger partial charge in [-0.05, 0) is 32.0 Å². The Kier molecular flexibility index (Phi) is 7.64. The van der Waals surface area contributed by atoms with Gasteiger partial charge in [-0.1, -0.05) is 11.6 Å². The lowest BCUT2D eigenvalue weighted by molar-refractivity contribution is -0.114. The van der Waals surface area contributed by atoms with E-state index >= 15 is 0 Å². The van der Waals surface area contributed by atoms with Crippen LogP contribution in [-0.4, -0.2) is 62.3 Å². The van der Waals surface area contributed by atoms with Crippen molar-refractivity contribution >= 4 is 44.9 Å². The summed E-state index contributed by atoms with van der Waals surface area (Å²) >= 11 is 6.08. The summed E-state index contributed by atoms with van der Waals surface area (Å²) in [6, 6.07) is 4.06. The number of hydrogen-bond donors (Lipinski definition) is 3. The molecule has 1 aromatic carbocycles. The molecule has 1 saturated heterocycles. The van der Waals surface area contributed by atoms with Crippen molar-refractivity contribution in [3.63, 3.8) is 0 Å². The van der Waals surface area contributed by atoms with Crippen LogP contribution in [0.4, 0.5) is 16.2 Å². The average molecular weight is 433 g/mol. The highest BCUT2D eigenvalue weighted by molar-refractivity contribution is 7.89. The molecule has 0 saturated carbocycles. The molecule has 2 rings (SSSR count). The number of anilines is 2. The number of nitrogens with one attached hydrogen (secondary N) is 3. The lowest BCUT2D eigenvalue weighted by atomic mass is 10.2. The van der Waals surface area contributed by atoms with Gasteiger partial charge in [0.1, 0.15) is 0 Å². The molecule has 28 heavy (non-hydrogen) atoms. The van der Waals surface area contributed by atoms with Crippen LogP contribution in [0.1, 0.15) is 20.8 Å². The summed E-state index contributed by atoms with van der Waals surface area (Å²) in [6.07, 6.45) is -0.338. The van der Waals surface area contributed by atoms with Gasteiger partial charge in [-0.2, -0.15) is 4.31 Å². The van der Waals surface area contributed by atoms with Crippen molar-refractivity contribution in [2.24, 2.45) is 0 Å². The number of carbonyl (C=O) groups is 2. The van der Waals surface area contributed by atoms with E-state index in [4.69, 9.17) is 16.3 Å². The Labute approximate surface area is 169 Å². The molecule has 2 atom stereocenters. The standard InChI is InChI=1S/C17H25ClN4O5S/c1-11-9-22(10-12(2)27-11)28(25,26)7-6-19-17(24)21-16-5-4-14(8-15(16)18)20-13(3)23/h4-5,8,11-12H,6-7,9-10H2,1-3H3,(H,20,23)(H2,19,21,24). The van der Waals surface area contributed by atoms with Crippen LogP contribution in [0.3, 0.4) is 0 Å². The van der Waals surface area contributed by atoms with Crippen LogP contribution in [0.5, 0.6) is 0 Å². The van der Waals surface area contributed by atoms with Gasteiger partial charge in [0, 0.05) is 32.2 Å². The summed E-state index contributed by atoms with van der Waals surface area (Å²) in [4.78, 5) is 23.1. The van der Waals surface area contributed by atoms with Gasteiger partial charge >= 0.3 is 6.03 Å². The minimum Gasteiger partial charge on any atom is -0.373 e. The van der Waals surface area contributed by atoms with Gasteiger partial charge in [0.15, 0.2) is 0 Å². The summed E-state index contributed by atoms with van der Waals surface area (Å²) in [5.74, 6) is -0.450. The van der Waals surface area contributed by atoms with Gasteiger partial charge in [-0.25, -0.2) is 13.2 Å². The number of urea groups is 1. The third kappa shape index (κ3) is 6.62. The first-order valence-electron chi connectivity index (χ1n) is 8.82. The molecule has 156 valence electrons. The number of carbonyl (C=O) groups excluding carboxylic acids is 2. The number of benzene rings is 1. The van der Waals surface area contributed by atoms with Gasteiger partial charge in [0.2, 0.25) is 15.9 Å². The van der Waals surface area contributed by atoms with Gasteiger partial charge in [0.05, 0.1) is 28.7 Å². The molecule has 1 aliphatic rings. The van der Waals surface area contributed by atoms with Crippen LogP contribution in [0.25, 0.3) is 0 Å². The number of nitrogens with zero attached hydrogens (tertiary/aromatic N) is 1. The molecule has 1 fully saturated rings. The van der Waals surface area contributed by atoms with Crippen LogP contribution < -0.4 is 16.0 Å². The van der Waals surface area contributed by atoms with Crippen molar-refractivity contribution < 1.29 is 22.7 Å². The molecule has 0 bridgehead atoms. The predicted octanol–water partition coefficient (Wildman–Crippen LogP) is 1.86. The maximum Gasteiger partial charge on any atom is 0.319 e. The molecule has 1 heterocycles. The zero-order valence-electron chi connectivity index (χ0n) is 16.0. The molecule has 0 radical (unpaired) electrons. The first-order valence-corrected chi connectivity index (χ1v) is 10.8. The quantitative estimate of drug-likeness (QED) is 0.634. The molecule has 0 aromatic heterocycles. The number of rotatable bonds is 6. The monoisotopic (exact) mass is 432 g/mol. The zero-order chi connectivity index (χ0) is 20.9. The van der Waals surface area contributed by atoms with E-state index in [1.165, 1.54) is 17.3 Å². The molecule has 0 spiro atoms. The van der Waals surface area contributed by atoms with E-state index in [0.717, 1.165) is 0 Å². The Morgan fingerprint density at radius 1 is 1.21 bits per heavy atom. The van der Waals surface area contributed by atoms with Crippen molar-refractivity contribution in [1.29, 1.82) is 0 Å². The second-order valence-corrected chi connectivity index (χ2v) is 9.14. The molecule has 1 aliphatic heterocycles. The van der Waals surface area contributed by atoms with Crippen LogP contribution in [0, 0.1) is 0 Å². The van der Waals surface area contributed by atoms with E-state index in [9.17, 15) is 18.0 Å². The maximum atomic E-state index is 12.4. The normalized spacial score (nSPS) is 20.4. The van der Waals surface area contributed by atoms with Crippen molar-refractivity contribution in [3.8, 4) is 0 Å². The summed E-state index contributed by atoms with van der Waals surface area (Å²) in [5, 5.41) is 7.88. The van der Waals surface area contributed by atoms with Crippen LogP contribution in [0.2, 0.25) is 5.02 Å². The number of sulfonamides is 1. The molecule has 3 N–H and O–H groups in total. The molecule has 1 aromatic rings. The van der Waals surface area contributed by atoms with E-state index in [-0.39, 0.29) is 35.4 Å².